The van der Waals surface area contributed by atoms with Crippen LogP contribution in [0.1, 0.15) is 79.1 Å². The summed E-state index contributed by atoms with van der Waals surface area (Å²) in [4.78, 5) is 16.1. The fourth-order valence-corrected chi connectivity index (χ4v) is 16.0. The summed E-state index contributed by atoms with van der Waals surface area (Å²) in [5, 5.41) is 8.32. The van der Waals surface area contributed by atoms with Crippen LogP contribution in [-0.4, -0.2) is 9.97 Å². The fraction of sp³-hybridized carbons (Fsp3) is 0.111. The third-order valence-corrected chi connectivity index (χ3v) is 20.9. The lowest BCUT2D eigenvalue weighted by Crippen LogP contribution is -2.29. The van der Waals surface area contributed by atoms with E-state index in [4.69, 9.17) is 23.2 Å². The maximum atomic E-state index is 7.71. The molecule has 0 unspecified atom stereocenters. The van der Waals surface area contributed by atoms with E-state index >= 15 is 0 Å². The van der Waals surface area contributed by atoms with Gasteiger partial charge in [-0.1, -0.05) is 244 Å². The summed E-state index contributed by atoms with van der Waals surface area (Å²) in [5.41, 5.74) is 22.3. The highest BCUT2D eigenvalue weighted by Crippen LogP contribution is 2.64. The molecule has 472 valence electrons. The lowest BCUT2D eigenvalue weighted by Gasteiger charge is -2.36. The third kappa shape index (κ3) is 9.21. The highest BCUT2D eigenvalue weighted by atomic mass is 127. The van der Waals surface area contributed by atoms with Gasteiger partial charge in [0, 0.05) is 87.3 Å². The molecular weight excluding hydrogens is 1310 g/mol. The van der Waals surface area contributed by atoms with Gasteiger partial charge >= 0.3 is 0 Å². The van der Waals surface area contributed by atoms with Crippen molar-refractivity contribution in [2.45, 2.75) is 62.7 Å². The first-order valence-corrected chi connectivity index (χ1v) is 34.7. The molecule has 8 heteroatoms. The molecule has 1 aliphatic rings. The predicted molar refractivity (Wildman–Crippen MR) is 414 cm³/mol. The molecule has 0 radical (unpaired) electrons. The highest BCUT2D eigenvalue weighted by molar-refractivity contribution is 14.1. The third-order valence-electron chi connectivity index (χ3n) is 20.2. The second-order valence-corrected chi connectivity index (χ2v) is 30.5. The van der Waals surface area contributed by atoms with Gasteiger partial charge in [-0.3, -0.25) is 9.80 Å². The normalized spacial score (nSPS) is 13.0. The van der Waals surface area contributed by atoms with Crippen LogP contribution in [0.5, 0.6) is 0 Å². The predicted octanol–water partition coefficient (Wildman–Crippen LogP) is 25.5. The number of alkyl halides is 1. The number of pyridine rings is 2. The Bertz CT molecular complexity index is 6010. The van der Waals surface area contributed by atoms with Gasteiger partial charge < -0.3 is 13.3 Å². The Hall–Kier alpha value is -11.1. The second kappa shape index (κ2) is 22.5. The van der Waals surface area contributed by atoms with Gasteiger partial charge in [-0.15, -0.1) is 0 Å². The van der Waals surface area contributed by atoms with Gasteiger partial charge in [0.25, 0.3) is 0 Å². The summed E-state index contributed by atoms with van der Waals surface area (Å²) in [6.07, 6.45) is 4.01. The summed E-state index contributed by atoms with van der Waals surface area (Å²) < 4.78 is 21.4. The number of hydrogen-bond acceptors (Lipinski definition) is 7. The molecule has 0 saturated carbocycles. The number of rotatable bonds is 11. The van der Waals surface area contributed by atoms with E-state index in [1.54, 1.807) is 0 Å². The number of aromatic nitrogens is 2. The topological polar surface area (TPSA) is 71.7 Å². The van der Waals surface area contributed by atoms with Crippen LogP contribution < -0.4 is 9.80 Å². The standard InChI is InChI=1S/C90H67IN4O3/c1-54-48-71(68-35-22-33-66-63-29-16-19-37-77(63)96-83(66)68)86(92-52-54)94(60-46-42-57(43-47-60)89(6,7)91)75-50-73-80(65-31-15-14-28-62(65)75)82-74(90(73,58-24-10-8-11-25-58)59-26-12-9-13-27-59)51-76(81-70-32-18-21-39-79(70)98-85(81)82)95(61-44-40-56(41-45-61)88(3,4)5)87-72(49-55(2)53-93-87)69-36-23-34-67-64-30-17-20-38-78(64)97-84(67)69/h8-53H,1-7H3. The van der Waals surface area contributed by atoms with Crippen LogP contribution in [0, 0.1) is 13.8 Å². The van der Waals surface area contributed by atoms with Crippen LogP contribution in [0.25, 0.3) is 110 Å². The number of benzene rings is 12. The molecule has 12 aromatic carbocycles. The van der Waals surface area contributed by atoms with E-state index in [2.05, 4.69) is 336 Å². The van der Waals surface area contributed by atoms with E-state index in [1.165, 1.54) is 11.1 Å². The summed E-state index contributed by atoms with van der Waals surface area (Å²) >= 11 is 2.55. The molecule has 0 spiro atoms. The van der Waals surface area contributed by atoms with Crippen molar-refractivity contribution in [2.75, 3.05) is 9.80 Å². The molecule has 0 saturated heterocycles. The van der Waals surface area contributed by atoms with Gasteiger partial charge in [-0.25, -0.2) is 9.97 Å². The van der Waals surface area contributed by atoms with Crippen molar-refractivity contribution >= 4 is 134 Å². The Kier molecular flexibility index (Phi) is 13.7. The molecule has 98 heavy (non-hydrogen) atoms. The zero-order valence-electron chi connectivity index (χ0n) is 55.4. The Morgan fingerprint density at radius 1 is 0.357 bits per heavy atom. The number of furan rings is 3. The number of anilines is 6. The molecule has 5 aromatic heterocycles. The van der Waals surface area contributed by atoms with Gasteiger partial charge in [0.05, 0.1) is 22.2 Å². The summed E-state index contributed by atoms with van der Waals surface area (Å²) in [5.74, 6) is 1.52. The molecule has 0 bridgehead atoms. The first-order chi connectivity index (χ1) is 47.7. The van der Waals surface area contributed by atoms with E-state index in [-0.39, 0.29) is 8.84 Å². The Morgan fingerprint density at radius 3 is 1.28 bits per heavy atom. The van der Waals surface area contributed by atoms with Crippen LogP contribution >= 0.6 is 22.6 Å². The fourth-order valence-electron chi connectivity index (χ4n) is 15.7. The first kappa shape index (κ1) is 59.4. The molecular formula is C90H67IN4O3. The number of nitrogens with zero attached hydrogens (tertiary/aromatic N) is 4. The van der Waals surface area contributed by atoms with Crippen molar-refractivity contribution in [3.8, 4) is 33.4 Å². The first-order valence-electron chi connectivity index (χ1n) is 33.6. The number of aryl methyl sites for hydroxylation is 2. The Balaban J connectivity index is 0.984. The molecule has 0 fully saturated rings. The molecule has 0 atom stereocenters. The van der Waals surface area contributed by atoms with Crippen molar-refractivity contribution in [3.63, 3.8) is 0 Å². The summed E-state index contributed by atoms with van der Waals surface area (Å²) in [7, 11) is 0. The molecule has 5 heterocycles. The molecule has 0 aliphatic heterocycles. The smallest absolute Gasteiger partial charge is 0.145 e. The van der Waals surface area contributed by atoms with Crippen molar-refractivity contribution in [1.29, 1.82) is 0 Å². The molecule has 17 aromatic rings. The lowest BCUT2D eigenvalue weighted by atomic mass is 9.67. The minimum atomic E-state index is -0.997. The monoisotopic (exact) mass is 1380 g/mol. The maximum Gasteiger partial charge on any atom is 0.145 e. The molecule has 0 N–H and O–H groups in total. The van der Waals surface area contributed by atoms with Crippen LogP contribution in [-0.2, 0) is 14.3 Å². The average Bonchev–Trinajstić information content (AvgIpc) is 1.50. The molecule has 18 rings (SSSR count). The number of halogens is 1. The highest BCUT2D eigenvalue weighted by Gasteiger charge is 2.50. The Morgan fingerprint density at radius 2 is 0.765 bits per heavy atom. The number of hydrogen-bond donors (Lipinski definition) is 0. The van der Waals surface area contributed by atoms with Gasteiger partial charge in [0.1, 0.15) is 45.1 Å². The van der Waals surface area contributed by atoms with Gasteiger partial charge in [0.2, 0.25) is 0 Å². The van der Waals surface area contributed by atoms with Crippen LogP contribution in [0.3, 0.4) is 0 Å². The van der Waals surface area contributed by atoms with Crippen molar-refractivity contribution < 1.29 is 13.3 Å². The largest absolute Gasteiger partial charge is 0.455 e. The number of fused-ring (bicyclic) bond motifs is 15. The zero-order chi connectivity index (χ0) is 66.3. The van der Waals surface area contributed by atoms with E-state index in [0.717, 1.165) is 178 Å². The summed E-state index contributed by atoms with van der Waals surface area (Å²) in [6, 6.07) is 97.2. The van der Waals surface area contributed by atoms with Crippen molar-refractivity contribution in [2.24, 2.45) is 0 Å². The van der Waals surface area contributed by atoms with Crippen LogP contribution in [0.15, 0.2) is 293 Å². The minimum Gasteiger partial charge on any atom is -0.455 e. The van der Waals surface area contributed by atoms with Gasteiger partial charge in [0.15, 0.2) is 0 Å². The zero-order valence-corrected chi connectivity index (χ0v) is 57.6. The van der Waals surface area contributed by atoms with Crippen molar-refractivity contribution in [3.05, 3.63) is 324 Å². The van der Waals surface area contributed by atoms with E-state index in [1.807, 2.05) is 24.5 Å². The summed E-state index contributed by atoms with van der Waals surface area (Å²) in [6.45, 7) is 15.6. The Labute approximate surface area is 582 Å². The van der Waals surface area contributed by atoms with Crippen LogP contribution in [0.2, 0.25) is 0 Å². The van der Waals surface area contributed by atoms with Gasteiger partial charge in [-0.2, -0.15) is 0 Å². The quantitative estimate of drug-likeness (QED) is 0.0944. The second-order valence-electron chi connectivity index (χ2n) is 27.8. The van der Waals surface area contributed by atoms with E-state index in [9.17, 15) is 0 Å². The minimum absolute atomic E-state index is 0.113. The lowest BCUT2D eigenvalue weighted by molar-refractivity contribution is 0.590. The maximum absolute atomic E-state index is 7.71. The van der Waals surface area contributed by atoms with E-state index in [0.29, 0.717) is 0 Å². The SMILES string of the molecule is Cc1cnc(N(c2ccc(C(C)(C)I)cc2)c2cc3c(c4ccccc24)-c2c(cc(N(c4ccc(C(C)(C)C)cc4)c4ncc(C)cc4-c4cccc5c4oc4ccccc45)c4c2oc2ccccc24)C3(c2ccccc2)c2ccccc2)c(-c2cccc3c2oc2ccccc23)c1. The van der Waals surface area contributed by atoms with Crippen LogP contribution in [0.4, 0.5) is 34.4 Å². The van der Waals surface area contributed by atoms with Gasteiger partial charge in [-0.05, 0) is 155 Å². The van der Waals surface area contributed by atoms with E-state index < -0.39 is 5.41 Å². The number of para-hydroxylation sites is 5. The molecule has 1 aliphatic carbocycles. The molecule has 0 amide bonds. The molecule has 7 nitrogen and oxygen atoms in total. The average molecular weight is 1380 g/mol. The van der Waals surface area contributed by atoms with Crippen molar-refractivity contribution in [1.82, 2.24) is 9.97 Å².